The summed E-state index contributed by atoms with van der Waals surface area (Å²) in [6.45, 7) is 6.15. The molecular weight excluding hydrogens is 487 g/mol. The lowest BCUT2D eigenvalue weighted by atomic mass is 10.2. The molecule has 1 aliphatic carbocycles. The number of guanidine groups is 1. The molecule has 0 amide bonds. The second-order valence-corrected chi connectivity index (χ2v) is 8.17. The molecule has 1 aliphatic heterocycles. The molecule has 1 aromatic heterocycles. The summed E-state index contributed by atoms with van der Waals surface area (Å²) in [5.41, 5.74) is 0. The van der Waals surface area contributed by atoms with Crippen molar-refractivity contribution >= 4 is 41.3 Å². The lowest BCUT2D eigenvalue weighted by Crippen LogP contribution is -2.46. The molecule has 1 saturated heterocycles. The van der Waals surface area contributed by atoms with Crippen LogP contribution in [0, 0.1) is 0 Å². The Bertz CT molecular complexity index is 546. The molecule has 2 aliphatic rings. The van der Waals surface area contributed by atoms with Crippen molar-refractivity contribution in [1.82, 2.24) is 15.5 Å². The molecule has 3 rings (SSSR count). The summed E-state index contributed by atoms with van der Waals surface area (Å²) < 4.78 is 11.4. The number of thiophene rings is 1. The second kappa shape index (κ2) is 13.7. The van der Waals surface area contributed by atoms with E-state index in [1.165, 1.54) is 30.6 Å². The van der Waals surface area contributed by atoms with Gasteiger partial charge in [-0.1, -0.05) is 18.9 Å². The highest BCUT2D eigenvalue weighted by Crippen LogP contribution is 2.25. The molecule has 0 aromatic carbocycles. The molecular formula is C20H35IN4O2S. The predicted octanol–water partition coefficient (Wildman–Crippen LogP) is 3.25. The molecule has 1 unspecified atom stereocenters. The zero-order valence-electron chi connectivity index (χ0n) is 16.9. The van der Waals surface area contributed by atoms with E-state index in [1.54, 1.807) is 0 Å². The molecule has 160 valence electrons. The normalized spacial score (nSPS) is 20.0. The van der Waals surface area contributed by atoms with Crippen molar-refractivity contribution in [2.45, 2.75) is 44.2 Å². The molecule has 1 atom stereocenters. The number of ether oxygens (including phenoxy) is 2. The monoisotopic (exact) mass is 522 g/mol. The summed E-state index contributed by atoms with van der Waals surface area (Å²) in [5, 5.41) is 9.08. The van der Waals surface area contributed by atoms with Crippen LogP contribution in [0.4, 0.5) is 0 Å². The van der Waals surface area contributed by atoms with Gasteiger partial charge in [0.05, 0.1) is 25.4 Å². The molecule has 28 heavy (non-hydrogen) atoms. The SMILES string of the molecule is CN=C(NCCCOC1CCCC1)NCC(c1cccs1)N1CCOCC1.I. The minimum Gasteiger partial charge on any atom is -0.379 e. The first-order valence-corrected chi connectivity index (χ1v) is 11.2. The fourth-order valence-corrected chi connectivity index (χ4v) is 4.64. The highest BCUT2D eigenvalue weighted by Gasteiger charge is 2.23. The maximum atomic E-state index is 5.93. The van der Waals surface area contributed by atoms with Crippen molar-refractivity contribution in [2.75, 3.05) is 53.0 Å². The van der Waals surface area contributed by atoms with Crippen molar-refractivity contribution in [3.63, 3.8) is 0 Å². The van der Waals surface area contributed by atoms with Gasteiger partial charge in [0, 0.05) is 44.7 Å². The van der Waals surface area contributed by atoms with Crippen LogP contribution in [-0.2, 0) is 9.47 Å². The van der Waals surface area contributed by atoms with Crippen LogP contribution in [-0.4, -0.2) is 70.0 Å². The Hall–Kier alpha value is -0.420. The lowest BCUT2D eigenvalue weighted by Gasteiger charge is -2.34. The van der Waals surface area contributed by atoms with E-state index in [9.17, 15) is 0 Å². The van der Waals surface area contributed by atoms with E-state index in [0.29, 0.717) is 12.1 Å². The molecule has 2 fully saturated rings. The average molecular weight is 522 g/mol. The van der Waals surface area contributed by atoms with Crippen LogP contribution in [0.1, 0.15) is 43.0 Å². The summed E-state index contributed by atoms with van der Waals surface area (Å²) in [6.07, 6.45) is 6.64. The topological polar surface area (TPSA) is 58.1 Å². The Morgan fingerprint density at radius 3 is 2.79 bits per heavy atom. The summed E-state index contributed by atoms with van der Waals surface area (Å²) in [6, 6.07) is 4.71. The lowest BCUT2D eigenvalue weighted by molar-refractivity contribution is 0.0177. The number of hydrogen-bond donors (Lipinski definition) is 2. The minimum atomic E-state index is 0. The number of morpholine rings is 1. The molecule has 8 heteroatoms. The van der Waals surface area contributed by atoms with Gasteiger partial charge in [0.1, 0.15) is 0 Å². The highest BCUT2D eigenvalue weighted by molar-refractivity contribution is 14.0. The molecule has 0 bridgehead atoms. The molecule has 0 radical (unpaired) electrons. The van der Waals surface area contributed by atoms with Crippen LogP contribution < -0.4 is 10.6 Å². The van der Waals surface area contributed by atoms with Gasteiger partial charge in [0.25, 0.3) is 0 Å². The fraction of sp³-hybridized carbons (Fsp3) is 0.750. The standard InChI is InChI=1S/C20H34N4O2S.HI/c1-21-20(22-9-5-12-26-17-6-2-3-7-17)23-16-18(19-8-4-15-27-19)24-10-13-25-14-11-24;/h4,8,15,17-18H,2-3,5-7,9-14,16H2,1H3,(H2,21,22,23);1H. The predicted molar refractivity (Wildman–Crippen MR) is 127 cm³/mol. The van der Waals surface area contributed by atoms with Crippen molar-refractivity contribution in [3.05, 3.63) is 22.4 Å². The highest BCUT2D eigenvalue weighted by atomic mass is 127. The maximum Gasteiger partial charge on any atom is 0.191 e. The van der Waals surface area contributed by atoms with Gasteiger partial charge < -0.3 is 20.1 Å². The van der Waals surface area contributed by atoms with E-state index in [1.807, 2.05) is 18.4 Å². The summed E-state index contributed by atoms with van der Waals surface area (Å²) >= 11 is 1.82. The van der Waals surface area contributed by atoms with E-state index in [4.69, 9.17) is 9.47 Å². The molecule has 0 spiro atoms. The Kier molecular flexibility index (Phi) is 11.7. The number of nitrogens with zero attached hydrogens (tertiary/aromatic N) is 2. The largest absolute Gasteiger partial charge is 0.379 e. The Morgan fingerprint density at radius 1 is 1.32 bits per heavy atom. The van der Waals surface area contributed by atoms with Crippen LogP contribution in [0.2, 0.25) is 0 Å². The minimum absolute atomic E-state index is 0. The van der Waals surface area contributed by atoms with Gasteiger partial charge in [-0.25, -0.2) is 0 Å². The van der Waals surface area contributed by atoms with Crippen LogP contribution in [0.15, 0.2) is 22.5 Å². The van der Waals surface area contributed by atoms with Gasteiger partial charge in [-0.05, 0) is 30.7 Å². The number of hydrogen-bond acceptors (Lipinski definition) is 5. The zero-order valence-corrected chi connectivity index (χ0v) is 20.0. The summed E-state index contributed by atoms with van der Waals surface area (Å²) in [4.78, 5) is 8.27. The molecule has 1 saturated carbocycles. The van der Waals surface area contributed by atoms with Gasteiger partial charge >= 0.3 is 0 Å². The quantitative estimate of drug-likeness (QED) is 0.226. The van der Waals surface area contributed by atoms with Gasteiger partial charge in [0.2, 0.25) is 0 Å². The first kappa shape index (κ1) is 23.9. The fourth-order valence-electron chi connectivity index (χ4n) is 3.78. The van der Waals surface area contributed by atoms with E-state index in [0.717, 1.165) is 58.4 Å². The van der Waals surface area contributed by atoms with Gasteiger partial charge in [-0.15, -0.1) is 35.3 Å². The van der Waals surface area contributed by atoms with Crippen LogP contribution in [0.5, 0.6) is 0 Å². The van der Waals surface area contributed by atoms with Crippen molar-refractivity contribution in [3.8, 4) is 0 Å². The third kappa shape index (κ3) is 7.78. The van der Waals surface area contributed by atoms with Crippen molar-refractivity contribution in [1.29, 1.82) is 0 Å². The zero-order chi connectivity index (χ0) is 18.7. The third-order valence-electron chi connectivity index (χ3n) is 5.31. The van der Waals surface area contributed by atoms with E-state index in [-0.39, 0.29) is 24.0 Å². The Balaban J connectivity index is 0.00000280. The molecule has 6 nitrogen and oxygen atoms in total. The van der Waals surface area contributed by atoms with Crippen molar-refractivity contribution in [2.24, 2.45) is 4.99 Å². The smallest absolute Gasteiger partial charge is 0.191 e. The average Bonchev–Trinajstić information content (AvgIpc) is 3.41. The van der Waals surface area contributed by atoms with Gasteiger partial charge in [-0.3, -0.25) is 9.89 Å². The van der Waals surface area contributed by atoms with Crippen molar-refractivity contribution < 1.29 is 9.47 Å². The van der Waals surface area contributed by atoms with E-state index in [2.05, 4.69) is 38.0 Å². The van der Waals surface area contributed by atoms with Crippen LogP contribution in [0.3, 0.4) is 0 Å². The number of aliphatic imine (C=N–C) groups is 1. The maximum absolute atomic E-state index is 5.93. The second-order valence-electron chi connectivity index (χ2n) is 7.19. The summed E-state index contributed by atoms with van der Waals surface area (Å²) in [5.74, 6) is 0.866. The first-order valence-electron chi connectivity index (χ1n) is 10.3. The first-order chi connectivity index (χ1) is 13.4. The number of halogens is 1. The number of nitrogens with one attached hydrogen (secondary N) is 2. The van der Waals surface area contributed by atoms with E-state index >= 15 is 0 Å². The van der Waals surface area contributed by atoms with E-state index < -0.39 is 0 Å². The van der Waals surface area contributed by atoms with Crippen LogP contribution in [0.25, 0.3) is 0 Å². The molecule has 2 heterocycles. The Labute approximate surface area is 190 Å². The third-order valence-corrected chi connectivity index (χ3v) is 6.29. The van der Waals surface area contributed by atoms with Gasteiger partial charge in [-0.2, -0.15) is 0 Å². The number of rotatable bonds is 9. The molecule has 1 aromatic rings. The van der Waals surface area contributed by atoms with Gasteiger partial charge in [0.15, 0.2) is 5.96 Å². The molecule has 2 N–H and O–H groups in total. The Morgan fingerprint density at radius 2 is 2.11 bits per heavy atom. The van der Waals surface area contributed by atoms with Crippen LogP contribution >= 0.6 is 35.3 Å². The summed E-state index contributed by atoms with van der Waals surface area (Å²) in [7, 11) is 1.83.